The van der Waals surface area contributed by atoms with Gasteiger partial charge in [-0.15, -0.1) is 0 Å². The van der Waals surface area contributed by atoms with Crippen molar-refractivity contribution in [2.45, 2.75) is 13.5 Å². The van der Waals surface area contributed by atoms with Crippen LogP contribution in [0.3, 0.4) is 0 Å². The highest BCUT2D eigenvalue weighted by atomic mass is 16.4. The maximum atomic E-state index is 11.2. The van der Waals surface area contributed by atoms with E-state index in [0.29, 0.717) is 12.1 Å². The monoisotopic (exact) mass is 280 g/mol. The largest absolute Gasteiger partial charge is 0.423 e. The van der Waals surface area contributed by atoms with Crippen LogP contribution in [0.4, 0.5) is 11.4 Å². The van der Waals surface area contributed by atoms with Crippen LogP contribution in [0.15, 0.2) is 57.7 Å². The Bertz CT molecular complexity index is 836. The van der Waals surface area contributed by atoms with Crippen LogP contribution in [0, 0.1) is 6.92 Å². The molecule has 0 unspecified atom stereocenters. The zero-order valence-corrected chi connectivity index (χ0v) is 11.7. The van der Waals surface area contributed by atoms with Crippen molar-refractivity contribution >= 4 is 22.3 Å². The Hall–Kier alpha value is -2.75. The number of fused-ring (bicyclic) bond motifs is 1. The van der Waals surface area contributed by atoms with Crippen LogP contribution in [0.5, 0.6) is 0 Å². The predicted molar refractivity (Wildman–Crippen MR) is 85.4 cm³/mol. The van der Waals surface area contributed by atoms with Gasteiger partial charge in [-0.2, -0.15) is 0 Å². The van der Waals surface area contributed by atoms with Crippen LogP contribution >= 0.6 is 0 Å². The summed E-state index contributed by atoms with van der Waals surface area (Å²) in [5.41, 5.74) is 9.96. The molecule has 1 heterocycles. The molecule has 3 rings (SSSR count). The molecule has 2 aromatic carbocycles. The summed E-state index contributed by atoms with van der Waals surface area (Å²) >= 11 is 0. The first-order chi connectivity index (χ1) is 10.1. The van der Waals surface area contributed by atoms with Crippen LogP contribution in [0.1, 0.15) is 11.1 Å². The molecule has 3 N–H and O–H groups in total. The predicted octanol–water partition coefficient (Wildman–Crippen LogP) is 3.30. The van der Waals surface area contributed by atoms with Gasteiger partial charge in [-0.3, -0.25) is 0 Å². The van der Waals surface area contributed by atoms with E-state index in [2.05, 4.69) is 5.32 Å². The first-order valence-electron chi connectivity index (χ1n) is 6.75. The van der Waals surface area contributed by atoms with Gasteiger partial charge in [0.1, 0.15) is 5.58 Å². The third-order valence-corrected chi connectivity index (χ3v) is 3.53. The highest BCUT2D eigenvalue weighted by Crippen LogP contribution is 2.24. The molecule has 0 spiro atoms. The number of hydrogen-bond donors (Lipinski definition) is 2. The number of benzene rings is 2. The van der Waals surface area contributed by atoms with Crippen molar-refractivity contribution in [3.8, 4) is 0 Å². The van der Waals surface area contributed by atoms with E-state index in [1.165, 1.54) is 6.07 Å². The van der Waals surface area contributed by atoms with Gasteiger partial charge < -0.3 is 15.5 Å². The van der Waals surface area contributed by atoms with Crippen molar-refractivity contribution < 1.29 is 4.42 Å². The molecule has 0 atom stereocenters. The maximum Gasteiger partial charge on any atom is 0.336 e. The minimum absolute atomic E-state index is 0.329. The molecule has 3 aromatic rings. The van der Waals surface area contributed by atoms with E-state index in [0.717, 1.165) is 27.9 Å². The molecule has 106 valence electrons. The van der Waals surface area contributed by atoms with E-state index in [9.17, 15) is 4.79 Å². The second-order valence-electron chi connectivity index (χ2n) is 5.00. The zero-order valence-electron chi connectivity index (χ0n) is 11.7. The number of rotatable bonds is 3. The van der Waals surface area contributed by atoms with Gasteiger partial charge in [-0.1, -0.05) is 12.1 Å². The SMILES string of the molecule is Cc1c(NCc2ccc(N)cc2)ccc2oc(=O)ccc12. The number of nitrogens with two attached hydrogens (primary N) is 1. The first kappa shape index (κ1) is 13.2. The van der Waals surface area contributed by atoms with Gasteiger partial charge in [0.15, 0.2) is 0 Å². The topological polar surface area (TPSA) is 68.3 Å². The summed E-state index contributed by atoms with van der Waals surface area (Å²) in [6.07, 6.45) is 0. The van der Waals surface area contributed by atoms with Crippen molar-refractivity contribution in [3.63, 3.8) is 0 Å². The van der Waals surface area contributed by atoms with E-state index in [4.69, 9.17) is 10.2 Å². The summed E-state index contributed by atoms with van der Waals surface area (Å²) in [6.45, 7) is 2.72. The van der Waals surface area contributed by atoms with E-state index in [1.807, 2.05) is 43.3 Å². The summed E-state index contributed by atoms with van der Waals surface area (Å²) in [5, 5.41) is 4.34. The van der Waals surface area contributed by atoms with Crippen LogP contribution < -0.4 is 16.7 Å². The van der Waals surface area contributed by atoms with Gasteiger partial charge in [0, 0.05) is 29.4 Å². The fourth-order valence-electron chi connectivity index (χ4n) is 2.32. The van der Waals surface area contributed by atoms with Crippen LogP contribution in [0.2, 0.25) is 0 Å². The second kappa shape index (κ2) is 5.32. The number of nitrogen functional groups attached to an aromatic ring is 1. The molecule has 0 saturated carbocycles. The van der Waals surface area contributed by atoms with Crippen molar-refractivity contribution in [3.05, 3.63) is 70.1 Å². The Morgan fingerprint density at radius 3 is 2.57 bits per heavy atom. The van der Waals surface area contributed by atoms with Crippen LogP contribution in [0.25, 0.3) is 11.0 Å². The third-order valence-electron chi connectivity index (χ3n) is 3.53. The molecule has 4 nitrogen and oxygen atoms in total. The molecular formula is C17H16N2O2. The summed E-state index contributed by atoms with van der Waals surface area (Å²) in [4.78, 5) is 11.2. The number of hydrogen-bond acceptors (Lipinski definition) is 4. The number of nitrogens with one attached hydrogen (secondary N) is 1. The molecule has 21 heavy (non-hydrogen) atoms. The zero-order chi connectivity index (χ0) is 14.8. The van der Waals surface area contributed by atoms with Crippen molar-refractivity contribution in [2.75, 3.05) is 11.1 Å². The summed E-state index contributed by atoms with van der Waals surface area (Å²) in [7, 11) is 0. The number of anilines is 2. The lowest BCUT2D eigenvalue weighted by Gasteiger charge is -2.11. The molecule has 0 radical (unpaired) electrons. The Morgan fingerprint density at radius 1 is 1.05 bits per heavy atom. The van der Waals surface area contributed by atoms with E-state index < -0.39 is 0 Å². The molecule has 0 aliphatic heterocycles. The molecule has 0 bridgehead atoms. The fourth-order valence-corrected chi connectivity index (χ4v) is 2.32. The first-order valence-corrected chi connectivity index (χ1v) is 6.75. The lowest BCUT2D eigenvalue weighted by molar-refractivity contribution is 0.561. The fraction of sp³-hybridized carbons (Fsp3) is 0.118. The quantitative estimate of drug-likeness (QED) is 0.570. The summed E-state index contributed by atoms with van der Waals surface area (Å²) < 4.78 is 5.18. The lowest BCUT2D eigenvalue weighted by Crippen LogP contribution is -2.02. The summed E-state index contributed by atoms with van der Waals surface area (Å²) in [5.74, 6) is 0. The van der Waals surface area contributed by atoms with Gasteiger partial charge in [-0.25, -0.2) is 4.79 Å². The number of aryl methyl sites for hydroxylation is 1. The van der Waals surface area contributed by atoms with Crippen molar-refractivity contribution in [2.24, 2.45) is 0 Å². The molecule has 0 aliphatic carbocycles. The van der Waals surface area contributed by atoms with Gasteiger partial charge in [-0.05, 0) is 48.4 Å². The Balaban J connectivity index is 1.87. The molecule has 0 saturated heterocycles. The van der Waals surface area contributed by atoms with E-state index >= 15 is 0 Å². The minimum Gasteiger partial charge on any atom is -0.423 e. The average Bonchev–Trinajstić information content (AvgIpc) is 2.48. The van der Waals surface area contributed by atoms with E-state index in [1.54, 1.807) is 6.07 Å². The molecule has 4 heteroatoms. The summed E-state index contributed by atoms with van der Waals surface area (Å²) in [6, 6.07) is 14.8. The second-order valence-corrected chi connectivity index (χ2v) is 5.00. The minimum atomic E-state index is -0.329. The highest BCUT2D eigenvalue weighted by Gasteiger charge is 2.05. The van der Waals surface area contributed by atoms with Gasteiger partial charge in [0.05, 0.1) is 0 Å². The Labute approximate surface area is 122 Å². The maximum absolute atomic E-state index is 11.2. The molecule has 0 amide bonds. The molecular weight excluding hydrogens is 264 g/mol. The van der Waals surface area contributed by atoms with Gasteiger partial charge in [0.25, 0.3) is 0 Å². The van der Waals surface area contributed by atoms with Crippen molar-refractivity contribution in [1.29, 1.82) is 0 Å². The van der Waals surface area contributed by atoms with Gasteiger partial charge >= 0.3 is 5.63 Å². The van der Waals surface area contributed by atoms with Gasteiger partial charge in [0.2, 0.25) is 0 Å². The smallest absolute Gasteiger partial charge is 0.336 e. The van der Waals surface area contributed by atoms with Crippen LogP contribution in [-0.4, -0.2) is 0 Å². The lowest BCUT2D eigenvalue weighted by atomic mass is 10.1. The Kier molecular flexibility index (Phi) is 3.36. The van der Waals surface area contributed by atoms with E-state index in [-0.39, 0.29) is 5.63 Å². The molecule has 1 aromatic heterocycles. The molecule has 0 fully saturated rings. The average molecular weight is 280 g/mol. The standard InChI is InChI=1S/C17H16N2O2/c1-11-14-6-9-17(20)21-16(14)8-7-15(11)19-10-12-2-4-13(18)5-3-12/h2-9,19H,10,18H2,1H3. The third kappa shape index (κ3) is 2.74. The van der Waals surface area contributed by atoms with Crippen LogP contribution in [-0.2, 0) is 6.54 Å². The normalized spacial score (nSPS) is 10.7. The molecule has 0 aliphatic rings. The Morgan fingerprint density at radius 2 is 1.81 bits per heavy atom. The highest BCUT2D eigenvalue weighted by molar-refractivity contribution is 5.85. The van der Waals surface area contributed by atoms with Crippen molar-refractivity contribution in [1.82, 2.24) is 0 Å².